The van der Waals surface area contributed by atoms with Crippen LogP contribution in [0.15, 0.2) is 90.5 Å². The van der Waals surface area contributed by atoms with Gasteiger partial charge in [0.25, 0.3) is 0 Å². The summed E-state index contributed by atoms with van der Waals surface area (Å²) >= 11 is 0. The van der Waals surface area contributed by atoms with E-state index in [0.29, 0.717) is 24.4 Å². The molecule has 0 aromatic heterocycles. The largest absolute Gasteiger partial charge is 0.465 e. The van der Waals surface area contributed by atoms with Gasteiger partial charge in [0.1, 0.15) is 5.75 Å². The Hall–Kier alpha value is -3.86. The number of benzene rings is 3. The molecule has 1 aliphatic heterocycles. The molecular weight excluding hydrogens is 402 g/mol. The minimum Gasteiger partial charge on any atom is -0.465 e. The van der Waals surface area contributed by atoms with Crippen LogP contribution in [0.4, 0.5) is 4.79 Å². The average Bonchev–Trinajstić information content (AvgIpc) is 2.85. The fourth-order valence-electron chi connectivity index (χ4n) is 3.96. The highest BCUT2D eigenvalue weighted by atomic mass is 16.6. The van der Waals surface area contributed by atoms with Crippen molar-refractivity contribution in [2.45, 2.75) is 12.8 Å². The fourth-order valence-corrected chi connectivity index (χ4v) is 3.96. The number of likely N-dealkylation sites (tertiary alicyclic amines) is 1. The first-order valence-corrected chi connectivity index (χ1v) is 10.6. The second kappa shape index (κ2) is 9.96. The predicted octanol–water partition coefficient (Wildman–Crippen LogP) is 5.57. The van der Waals surface area contributed by atoms with E-state index >= 15 is 0 Å². The van der Waals surface area contributed by atoms with Crippen LogP contribution in [-0.2, 0) is 4.74 Å². The lowest BCUT2D eigenvalue weighted by Crippen LogP contribution is -2.38. The van der Waals surface area contributed by atoms with E-state index in [2.05, 4.69) is 24.3 Å². The number of esters is 1. The molecule has 3 aromatic carbocycles. The monoisotopic (exact) mass is 427 g/mol. The smallest absolute Gasteiger partial charge is 0.415 e. The molecule has 0 saturated carbocycles. The zero-order chi connectivity index (χ0) is 22.3. The predicted molar refractivity (Wildman–Crippen MR) is 124 cm³/mol. The molecule has 0 N–H and O–H groups in total. The topological polar surface area (TPSA) is 55.8 Å². The van der Waals surface area contributed by atoms with Crippen LogP contribution in [0.25, 0.3) is 5.57 Å². The van der Waals surface area contributed by atoms with Gasteiger partial charge in [-0.1, -0.05) is 72.3 Å². The third-order valence-corrected chi connectivity index (χ3v) is 5.56. The summed E-state index contributed by atoms with van der Waals surface area (Å²) in [7, 11) is 1.32. The van der Waals surface area contributed by atoms with Gasteiger partial charge in [-0.25, -0.2) is 9.59 Å². The van der Waals surface area contributed by atoms with Crippen molar-refractivity contribution in [1.29, 1.82) is 0 Å². The van der Waals surface area contributed by atoms with Crippen LogP contribution in [0.5, 0.6) is 5.75 Å². The van der Waals surface area contributed by atoms with Crippen LogP contribution in [0.2, 0.25) is 0 Å². The Kier molecular flexibility index (Phi) is 6.66. The molecule has 162 valence electrons. The van der Waals surface area contributed by atoms with Gasteiger partial charge in [0.05, 0.1) is 12.7 Å². The molecule has 4 rings (SSSR count). The molecular formula is C27H25NO4. The minimum atomic E-state index is -0.468. The Morgan fingerprint density at radius 2 is 1.31 bits per heavy atom. The average molecular weight is 428 g/mol. The van der Waals surface area contributed by atoms with Gasteiger partial charge in [-0.3, -0.25) is 0 Å². The van der Waals surface area contributed by atoms with E-state index in [1.165, 1.54) is 35.4 Å². The van der Waals surface area contributed by atoms with Crippen molar-refractivity contribution >= 4 is 17.6 Å². The summed E-state index contributed by atoms with van der Waals surface area (Å²) in [5, 5.41) is 0. The standard InChI is InChI=1S/C27H25NO4/c1-31-26(29)23-13-8-14-24(19-23)32-27(30)28-17-15-22(16-18-28)25(20-9-4-2-5-10-20)21-11-6-3-7-12-21/h2-14,19H,15-18H2,1H3. The lowest BCUT2D eigenvalue weighted by molar-refractivity contribution is 0.0600. The van der Waals surface area contributed by atoms with Crippen LogP contribution in [0.1, 0.15) is 34.3 Å². The summed E-state index contributed by atoms with van der Waals surface area (Å²) in [6, 6.07) is 27.2. The fraction of sp³-hybridized carbons (Fsp3) is 0.185. The molecule has 0 aliphatic carbocycles. The van der Waals surface area contributed by atoms with E-state index in [1.54, 1.807) is 23.1 Å². The Morgan fingerprint density at radius 1 is 0.750 bits per heavy atom. The highest BCUT2D eigenvalue weighted by molar-refractivity contribution is 5.90. The van der Waals surface area contributed by atoms with Crippen molar-refractivity contribution in [3.8, 4) is 5.75 Å². The molecule has 0 atom stereocenters. The first-order valence-electron chi connectivity index (χ1n) is 10.6. The van der Waals surface area contributed by atoms with E-state index in [-0.39, 0.29) is 0 Å². The molecule has 32 heavy (non-hydrogen) atoms. The van der Waals surface area contributed by atoms with Crippen LogP contribution < -0.4 is 4.74 Å². The normalized spacial score (nSPS) is 13.4. The zero-order valence-electron chi connectivity index (χ0n) is 18.0. The SMILES string of the molecule is COC(=O)c1cccc(OC(=O)N2CCC(=C(c3ccccc3)c3ccccc3)CC2)c1. The molecule has 3 aromatic rings. The number of nitrogens with zero attached hydrogens (tertiary/aromatic N) is 1. The third-order valence-electron chi connectivity index (χ3n) is 5.56. The van der Waals surface area contributed by atoms with Crippen molar-refractivity contribution in [2.24, 2.45) is 0 Å². The van der Waals surface area contributed by atoms with E-state index in [9.17, 15) is 9.59 Å². The van der Waals surface area contributed by atoms with Crippen LogP contribution in [-0.4, -0.2) is 37.2 Å². The van der Waals surface area contributed by atoms with Crippen molar-refractivity contribution < 1.29 is 19.1 Å². The number of carbonyl (C=O) groups excluding carboxylic acids is 2. The highest BCUT2D eigenvalue weighted by Crippen LogP contribution is 2.32. The first kappa shape index (κ1) is 21.4. The second-order valence-electron chi connectivity index (χ2n) is 7.59. The number of hydrogen-bond donors (Lipinski definition) is 0. The van der Waals surface area contributed by atoms with Gasteiger partial charge >= 0.3 is 12.1 Å². The van der Waals surface area contributed by atoms with Crippen LogP contribution >= 0.6 is 0 Å². The summed E-state index contributed by atoms with van der Waals surface area (Å²) in [5.41, 5.74) is 5.29. The number of amides is 1. The summed E-state index contributed by atoms with van der Waals surface area (Å²) in [5.74, 6) is -0.140. The van der Waals surface area contributed by atoms with Gasteiger partial charge in [-0.2, -0.15) is 0 Å². The molecule has 1 heterocycles. The van der Waals surface area contributed by atoms with Gasteiger partial charge in [0, 0.05) is 13.1 Å². The number of hydrogen-bond acceptors (Lipinski definition) is 4. The van der Waals surface area contributed by atoms with E-state index in [4.69, 9.17) is 9.47 Å². The molecule has 1 saturated heterocycles. The van der Waals surface area contributed by atoms with Crippen LogP contribution in [0.3, 0.4) is 0 Å². The number of methoxy groups -OCH3 is 1. The van der Waals surface area contributed by atoms with Gasteiger partial charge in [-0.05, 0) is 47.7 Å². The van der Waals surface area contributed by atoms with Crippen molar-refractivity contribution in [3.63, 3.8) is 0 Å². The number of rotatable bonds is 4. The quantitative estimate of drug-likeness (QED) is 0.511. The maximum Gasteiger partial charge on any atom is 0.415 e. The molecule has 0 bridgehead atoms. The Labute approximate surface area is 187 Å². The van der Waals surface area contributed by atoms with E-state index in [1.807, 2.05) is 36.4 Å². The molecule has 5 heteroatoms. The number of ether oxygens (including phenoxy) is 2. The Morgan fingerprint density at radius 3 is 1.88 bits per heavy atom. The van der Waals surface area contributed by atoms with Gasteiger partial charge in [0.2, 0.25) is 0 Å². The van der Waals surface area contributed by atoms with Gasteiger partial charge in [-0.15, -0.1) is 0 Å². The molecule has 0 spiro atoms. The van der Waals surface area contributed by atoms with Crippen molar-refractivity contribution in [3.05, 3.63) is 107 Å². The van der Waals surface area contributed by atoms with Gasteiger partial charge < -0.3 is 14.4 Å². The number of piperidine rings is 1. The van der Waals surface area contributed by atoms with E-state index < -0.39 is 12.1 Å². The van der Waals surface area contributed by atoms with E-state index in [0.717, 1.165) is 12.8 Å². The molecule has 5 nitrogen and oxygen atoms in total. The maximum absolute atomic E-state index is 12.7. The highest BCUT2D eigenvalue weighted by Gasteiger charge is 2.23. The van der Waals surface area contributed by atoms with Crippen LogP contribution in [0, 0.1) is 0 Å². The third kappa shape index (κ3) is 4.89. The van der Waals surface area contributed by atoms with Crippen molar-refractivity contribution in [1.82, 2.24) is 4.90 Å². The molecule has 1 fully saturated rings. The zero-order valence-corrected chi connectivity index (χ0v) is 18.0. The molecule has 1 amide bonds. The lowest BCUT2D eigenvalue weighted by Gasteiger charge is -2.29. The summed E-state index contributed by atoms with van der Waals surface area (Å²) in [6.07, 6.45) is 1.14. The first-order chi connectivity index (χ1) is 15.7. The maximum atomic E-state index is 12.7. The number of carbonyl (C=O) groups is 2. The Bertz CT molecular complexity index is 1070. The lowest BCUT2D eigenvalue weighted by atomic mass is 9.88. The molecule has 0 unspecified atom stereocenters. The second-order valence-corrected chi connectivity index (χ2v) is 7.59. The van der Waals surface area contributed by atoms with Gasteiger partial charge in [0.15, 0.2) is 0 Å². The minimum absolute atomic E-state index is 0.327. The Balaban J connectivity index is 1.49. The van der Waals surface area contributed by atoms with Crippen molar-refractivity contribution in [2.75, 3.05) is 20.2 Å². The molecule has 1 aliphatic rings. The molecule has 0 radical (unpaired) electrons. The summed E-state index contributed by atoms with van der Waals surface area (Å²) in [6.45, 7) is 1.15. The summed E-state index contributed by atoms with van der Waals surface area (Å²) < 4.78 is 10.2. The summed E-state index contributed by atoms with van der Waals surface area (Å²) in [4.78, 5) is 26.1.